The number of benzene rings is 1. The molecule has 0 bridgehead atoms. The van der Waals surface area contributed by atoms with Crippen molar-refractivity contribution in [1.29, 1.82) is 0 Å². The van der Waals surface area contributed by atoms with Crippen molar-refractivity contribution in [2.75, 3.05) is 0 Å². The molecule has 0 aliphatic carbocycles. The molecule has 0 radical (unpaired) electrons. The smallest absolute Gasteiger partial charge is 0.0890 e. The summed E-state index contributed by atoms with van der Waals surface area (Å²) in [5.74, 6) is 0. The van der Waals surface area contributed by atoms with E-state index in [1.54, 1.807) is 12.4 Å². The monoisotopic (exact) mass is 173 g/mol. The summed E-state index contributed by atoms with van der Waals surface area (Å²) in [5.41, 5.74) is 8.66. The Hall–Kier alpha value is -1.48. The number of aromatic nitrogens is 2. The minimum absolute atomic E-state index is 0.0476. The van der Waals surface area contributed by atoms with Crippen LogP contribution in [0, 0.1) is 0 Å². The van der Waals surface area contributed by atoms with E-state index < -0.39 is 0 Å². The lowest BCUT2D eigenvalue weighted by Gasteiger charge is -2.05. The highest BCUT2D eigenvalue weighted by molar-refractivity contribution is 5.74. The highest BCUT2D eigenvalue weighted by Crippen LogP contribution is 2.15. The second-order valence-electron chi connectivity index (χ2n) is 3.09. The van der Waals surface area contributed by atoms with Crippen molar-refractivity contribution >= 4 is 11.0 Å². The van der Waals surface area contributed by atoms with Gasteiger partial charge in [-0.1, -0.05) is 6.07 Å². The predicted molar refractivity (Wildman–Crippen MR) is 52.1 cm³/mol. The maximum absolute atomic E-state index is 5.76. The number of hydrogen-bond donors (Lipinski definition) is 1. The largest absolute Gasteiger partial charge is 0.324 e. The molecule has 0 saturated heterocycles. The molecule has 2 aromatic rings. The summed E-state index contributed by atoms with van der Waals surface area (Å²) in [4.78, 5) is 8.38. The van der Waals surface area contributed by atoms with Crippen LogP contribution >= 0.6 is 0 Å². The van der Waals surface area contributed by atoms with E-state index >= 15 is 0 Å². The highest BCUT2D eigenvalue weighted by Gasteiger charge is 2.00. The zero-order valence-corrected chi connectivity index (χ0v) is 7.44. The quantitative estimate of drug-likeness (QED) is 0.713. The lowest BCUT2D eigenvalue weighted by Crippen LogP contribution is -2.04. The van der Waals surface area contributed by atoms with E-state index in [1.165, 1.54) is 0 Å². The predicted octanol–water partition coefficient (Wildman–Crippen LogP) is 1.65. The molecule has 3 heteroatoms. The van der Waals surface area contributed by atoms with Crippen LogP contribution in [0.4, 0.5) is 0 Å². The summed E-state index contributed by atoms with van der Waals surface area (Å²) >= 11 is 0. The molecule has 0 amide bonds. The second-order valence-corrected chi connectivity index (χ2v) is 3.09. The average molecular weight is 173 g/mol. The van der Waals surface area contributed by atoms with E-state index in [9.17, 15) is 0 Å². The number of hydrogen-bond acceptors (Lipinski definition) is 3. The van der Waals surface area contributed by atoms with Gasteiger partial charge in [0.25, 0.3) is 0 Å². The first-order valence-corrected chi connectivity index (χ1v) is 4.23. The first-order valence-electron chi connectivity index (χ1n) is 4.23. The third kappa shape index (κ3) is 1.51. The van der Waals surface area contributed by atoms with Gasteiger partial charge >= 0.3 is 0 Å². The Balaban J connectivity index is 2.62. The van der Waals surface area contributed by atoms with Gasteiger partial charge in [0.15, 0.2) is 0 Å². The van der Waals surface area contributed by atoms with Crippen LogP contribution in [0.1, 0.15) is 18.5 Å². The molecule has 0 saturated carbocycles. The van der Waals surface area contributed by atoms with Gasteiger partial charge in [-0.25, -0.2) is 0 Å². The third-order valence-electron chi connectivity index (χ3n) is 2.02. The van der Waals surface area contributed by atoms with Crippen LogP contribution in [0.25, 0.3) is 11.0 Å². The van der Waals surface area contributed by atoms with Crippen molar-refractivity contribution in [3.05, 3.63) is 36.2 Å². The fourth-order valence-electron chi connectivity index (χ4n) is 1.26. The molecule has 3 nitrogen and oxygen atoms in total. The molecule has 0 aliphatic rings. The molecule has 1 aromatic carbocycles. The lowest BCUT2D eigenvalue weighted by molar-refractivity contribution is 0.819. The van der Waals surface area contributed by atoms with E-state index in [1.807, 2.05) is 25.1 Å². The van der Waals surface area contributed by atoms with Crippen LogP contribution in [0.5, 0.6) is 0 Å². The van der Waals surface area contributed by atoms with E-state index in [4.69, 9.17) is 5.73 Å². The van der Waals surface area contributed by atoms with Crippen molar-refractivity contribution in [3.8, 4) is 0 Å². The summed E-state index contributed by atoms with van der Waals surface area (Å²) < 4.78 is 0. The Morgan fingerprint density at radius 2 is 1.85 bits per heavy atom. The van der Waals surface area contributed by atoms with Crippen LogP contribution in [0.3, 0.4) is 0 Å². The molecule has 2 rings (SSSR count). The van der Waals surface area contributed by atoms with Crippen LogP contribution in [-0.4, -0.2) is 9.97 Å². The number of nitrogens with two attached hydrogens (primary N) is 1. The zero-order chi connectivity index (χ0) is 9.26. The van der Waals surface area contributed by atoms with Crippen LogP contribution in [0.2, 0.25) is 0 Å². The lowest BCUT2D eigenvalue weighted by atomic mass is 10.1. The van der Waals surface area contributed by atoms with E-state index in [-0.39, 0.29) is 6.04 Å². The zero-order valence-electron chi connectivity index (χ0n) is 7.44. The molecule has 1 aromatic heterocycles. The van der Waals surface area contributed by atoms with Crippen LogP contribution in [-0.2, 0) is 0 Å². The first-order chi connectivity index (χ1) is 6.27. The minimum atomic E-state index is 0.0476. The Kier molecular flexibility index (Phi) is 1.94. The first kappa shape index (κ1) is 8.13. The maximum Gasteiger partial charge on any atom is 0.0890 e. The Morgan fingerprint density at radius 1 is 1.15 bits per heavy atom. The molecule has 0 fully saturated rings. The van der Waals surface area contributed by atoms with Gasteiger partial charge < -0.3 is 5.73 Å². The molecule has 1 atom stereocenters. The van der Waals surface area contributed by atoms with Crippen molar-refractivity contribution in [3.63, 3.8) is 0 Å². The molecular weight excluding hydrogens is 162 g/mol. The fraction of sp³-hybridized carbons (Fsp3) is 0.200. The highest BCUT2D eigenvalue weighted by atomic mass is 14.8. The standard InChI is InChI=1S/C10H11N3/c1-7(11)8-2-3-9-10(6-8)13-5-4-12-9/h2-7H,11H2,1H3/t7-/m1/s1. The van der Waals surface area contributed by atoms with Crippen LogP contribution < -0.4 is 5.73 Å². The summed E-state index contributed by atoms with van der Waals surface area (Å²) in [6.07, 6.45) is 3.38. The second kappa shape index (κ2) is 3.11. The summed E-state index contributed by atoms with van der Waals surface area (Å²) in [5, 5.41) is 0. The molecule has 1 heterocycles. The molecule has 0 aliphatic heterocycles. The van der Waals surface area contributed by atoms with Crippen molar-refractivity contribution < 1.29 is 0 Å². The van der Waals surface area contributed by atoms with Crippen molar-refractivity contribution in [2.24, 2.45) is 5.73 Å². The summed E-state index contributed by atoms with van der Waals surface area (Å²) in [7, 11) is 0. The number of nitrogens with zero attached hydrogens (tertiary/aromatic N) is 2. The molecule has 0 spiro atoms. The Bertz CT molecular complexity index is 423. The maximum atomic E-state index is 5.76. The average Bonchev–Trinajstić information content (AvgIpc) is 2.17. The van der Waals surface area contributed by atoms with Crippen molar-refractivity contribution in [2.45, 2.75) is 13.0 Å². The number of fused-ring (bicyclic) bond motifs is 1. The summed E-state index contributed by atoms with van der Waals surface area (Å²) in [6.45, 7) is 1.96. The Morgan fingerprint density at radius 3 is 2.54 bits per heavy atom. The van der Waals surface area contributed by atoms with E-state index in [0.717, 1.165) is 16.6 Å². The van der Waals surface area contributed by atoms with Gasteiger partial charge in [-0.2, -0.15) is 0 Å². The summed E-state index contributed by atoms with van der Waals surface area (Å²) in [6, 6.07) is 5.96. The molecular formula is C10H11N3. The minimum Gasteiger partial charge on any atom is -0.324 e. The Labute approximate surface area is 76.6 Å². The molecule has 66 valence electrons. The van der Waals surface area contributed by atoms with Crippen LogP contribution in [0.15, 0.2) is 30.6 Å². The van der Waals surface area contributed by atoms with Gasteiger partial charge in [0.05, 0.1) is 11.0 Å². The molecule has 0 unspecified atom stereocenters. The fourth-order valence-corrected chi connectivity index (χ4v) is 1.26. The van der Waals surface area contributed by atoms with Crippen molar-refractivity contribution in [1.82, 2.24) is 9.97 Å². The van der Waals surface area contributed by atoms with Gasteiger partial charge in [-0.3, -0.25) is 9.97 Å². The topological polar surface area (TPSA) is 51.8 Å². The van der Waals surface area contributed by atoms with E-state index in [2.05, 4.69) is 9.97 Å². The van der Waals surface area contributed by atoms with Gasteiger partial charge in [-0.15, -0.1) is 0 Å². The number of rotatable bonds is 1. The molecule has 2 N–H and O–H groups in total. The van der Waals surface area contributed by atoms with E-state index in [0.29, 0.717) is 0 Å². The SMILES string of the molecule is C[C@@H](N)c1ccc2nccnc2c1. The van der Waals surface area contributed by atoms with Gasteiger partial charge in [0.1, 0.15) is 0 Å². The van der Waals surface area contributed by atoms with Gasteiger partial charge in [0.2, 0.25) is 0 Å². The van der Waals surface area contributed by atoms with Gasteiger partial charge in [-0.05, 0) is 24.6 Å². The third-order valence-corrected chi connectivity index (χ3v) is 2.02. The normalized spacial score (nSPS) is 13.1. The molecule has 13 heavy (non-hydrogen) atoms. The van der Waals surface area contributed by atoms with Gasteiger partial charge in [0, 0.05) is 18.4 Å².